The number of hydrogen-bond acceptors (Lipinski definition) is 4. The number of hydrogen-bond donors (Lipinski definition) is 0. The number of rotatable bonds is 7. The van der Waals surface area contributed by atoms with Crippen molar-refractivity contribution < 1.29 is 14.3 Å². The molecule has 2 heterocycles. The van der Waals surface area contributed by atoms with Gasteiger partial charge in [-0.3, -0.25) is 9.69 Å². The van der Waals surface area contributed by atoms with Crippen molar-refractivity contribution in [2.75, 3.05) is 26.2 Å². The Kier molecular flexibility index (Phi) is 6.58. The highest BCUT2D eigenvalue weighted by molar-refractivity contribution is 5.77. The van der Waals surface area contributed by atoms with Crippen LogP contribution in [0.15, 0.2) is 60.7 Å². The van der Waals surface area contributed by atoms with E-state index in [4.69, 9.17) is 9.47 Å². The lowest BCUT2D eigenvalue weighted by molar-refractivity contribution is -0.137. The van der Waals surface area contributed by atoms with E-state index in [1.807, 2.05) is 65.6 Å². The smallest absolute Gasteiger partial charge is 0.260 e. The van der Waals surface area contributed by atoms with E-state index < -0.39 is 0 Å². The highest BCUT2D eigenvalue weighted by atomic mass is 16.5. The minimum Gasteiger partial charge on any atom is -0.487 e. The Bertz CT molecular complexity index is 804. The minimum atomic E-state index is 0.0729. The molecule has 0 radical (unpaired) electrons. The molecule has 0 spiro atoms. The molecule has 2 saturated heterocycles. The molecule has 2 atom stereocenters. The van der Waals surface area contributed by atoms with Crippen LogP contribution >= 0.6 is 0 Å². The molecule has 2 fully saturated rings. The number of ether oxygens (including phenoxy) is 2. The first-order valence-electron chi connectivity index (χ1n) is 11.0. The predicted octanol–water partition coefficient (Wildman–Crippen LogP) is 3.84. The summed E-state index contributed by atoms with van der Waals surface area (Å²) >= 11 is 0. The summed E-state index contributed by atoms with van der Waals surface area (Å²) in [6, 6.07) is 20.6. The maximum Gasteiger partial charge on any atom is 0.260 e. The van der Waals surface area contributed by atoms with Crippen molar-refractivity contribution >= 4 is 5.91 Å². The third-order valence-corrected chi connectivity index (χ3v) is 6.33. The zero-order valence-corrected chi connectivity index (χ0v) is 17.9. The fourth-order valence-corrected chi connectivity index (χ4v) is 4.67. The van der Waals surface area contributed by atoms with Crippen LogP contribution < -0.4 is 9.47 Å². The van der Waals surface area contributed by atoms with Gasteiger partial charge in [-0.1, -0.05) is 36.4 Å². The molecule has 2 aromatic carbocycles. The normalized spacial score (nSPS) is 22.6. The second-order valence-corrected chi connectivity index (χ2v) is 8.57. The SMILES string of the molecule is CC(C)N1C[C@H](Oc2ccccc2)[C@@H]1C1CCN(C(=O)COc2ccccc2)CC1. The van der Waals surface area contributed by atoms with Crippen molar-refractivity contribution in [1.82, 2.24) is 9.80 Å². The molecule has 160 valence electrons. The highest BCUT2D eigenvalue weighted by Gasteiger charge is 2.47. The fraction of sp³-hybridized carbons (Fsp3) is 0.480. The van der Waals surface area contributed by atoms with Crippen LogP contribution in [0.25, 0.3) is 0 Å². The lowest BCUT2D eigenvalue weighted by Crippen LogP contribution is -2.68. The minimum absolute atomic E-state index is 0.0729. The third-order valence-electron chi connectivity index (χ3n) is 6.33. The van der Waals surface area contributed by atoms with E-state index in [-0.39, 0.29) is 18.6 Å². The average molecular weight is 409 g/mol. The third kappa shape index (κ3) is 4.78. The van der Waals surface area contributed by atoms with Gasteiger partial charge >= 0.3 is 0 Å². The first-order chi connectivity index (χ1) is 14.6. The molecule has 0 N–H and O–H groups in total. The molecule has 0 saturated carbocycles. The fourth-order valence-electron chi connectivity index (χ4n) is 4.67. The topological polar surface area (TPSA) is 42.0 Å². The van der Waals surface area contributed by atoms with Crippen molar-refractivity contribution in [1.29, 1.82) is 0 Å². The monoisotopic (exact) mass is 408 g/mol. The number of nitrogens with zero attached hydrogens (tertiary/aromatic N) is 2. The Balaban J connectivity index is 1.30. The number of carbonyl (C=O) groups is 1. The van der Waals surface area contributed by atoms with Gasteiger partial charge in [0.05, 0.1) is 6.04 Å². The molecular weight excluding hydrogens is 376 g/mol. The summed E-state index contributed by atoms with van der Waals surface area (Å²) in [5, 5.41) is 0. The van der Waals surface area contributed by atoms with Gasteiger partial charge in [0, 0.05) is 25.7 Å². The maximum atomic E-state index is 12.6. The number of benzene rings is 2. The highest BCUT2D eigenvalue weighted by Crippen LogP contribution is 2.36. The van der Waals surface area contributed by atoms with Gasteiger partial charge in [0.1, 0.15) is 17.6 Å². The first kappa shape index (κ1) is 20.7. The number of piperidine rings is 1. The molecule has 1 amide bonds. The van der Waals surface area contributed by atoms with E-state index in [0.717, 1.165) is 44.0 Å². The van der Waals surface area contributed by atoms with Crippen molar-refractivity contribution in [3.05, 3.63) is 60.7 Å². The molecule has 0 bridgehead atoms. The largest absolute Gasteiger partial charge is 0.487 e. The van der Waals surface area contributed by atoms with Gasteiger partial charge in [-0.2, -0.15) is 0 Å². The Morgan fingerprint density at radius 2 is 1.57 bits per heavy atom. The number of para-hydroxylation sites is 2. The Morgan fingerprint density at radius 3 is 2.17 bits per heavy atom. The zero-order valence-electron chi connectivity index (χ0n) is 17.9. The molecule has 0 aliphatic carbocycles. The molecule has 2 aromatic rings. The molecule has 5 heteroatoms. The van der Waals surface area contributed by atoms with Crippen LogP contribution in [0.3, 0.4) is 0 Å². The first-order valence-corrected chi connectivity index (χ1v) is 11.0. The van der Waals surface area contributed by atoms with Crippen LogP contribution in [-0.4, -0.2) is 60.1 Å². The van der Waals surface area contributed by atoms with Crippen molar-refractivity contribution in [3.63, 3.8) is 0 Å². The summed E-state index contributed by atoms with van der Waals surface area (Å²) in [6.45, 7) is 7.18. The van der Waals surface area contributed by atoms with Gasteiger partial charge in [0.2, 0.25) is 0 Å². The second kappa shape index (κ2) is 9.52. The molecule has 30 heavy (non-hydrogen) atoms. The van der Waals surface area contributed by atoms with Gasteiger partial charge in [-0.05, 0) is 56.9 Å². The standard InChI is InChI=1S/C25H32N2O3/c1-19(2)27-17-23(30-22-11-7-4-8-12-22)25(27)20-13-15-26(16-14-20)24(28)18-29-21-9-5-3-6-10-21/h3-12,19-20,23,25H,13-18H2,1-2H3/t23-,25-/m0/s1. The lowest BCUT2D eigenvalue weighted by Gasteiger charge is -2.54. The van der Waals surface area contributed by atoms with Crippen LogP contribution in [-0.2, 0) is 4.79 Å². The molecule has 0 aromatic heterocycles. The van der Waals surface area contributed by atoms with Crippen LogP contribution in [0.1, 0.15) is 26.7 Å². The number of carbonyl (C=O) groups excluding carboxylic acids is 1. The van der Waals surface area contributed by atoms with E-state index in [1.165, 1.54) is 0 Å². The maximum absolute atomic E-state index is 12.6. The lowest BCUT2D eigenvalue weighted by atomic mass is 9.79. The average Bonchev–Trinajstić information content (AvgIpc) is 2.76. The Labute approximate surface area is 179 Å². The summed E-state index contributed by atoms with van der Waals surface area (Å²) in [5.74, 6) is 2.31. The molecule has 2 aliphatic heterocycles. The van der Waals surface area contributed by atoms with E-state index >= 15 is 0 Å². The van der Waals surface area contributed by atoms with Crippen LogP contribution in [0.4, 0.5) is 0 Å². The zero-order chi connectivity index (χ0) is 20.9. The van der Waals surface area contributed by atoms with Crippen molar-refractivity contribution in [2.24, 2.45) is 5.92 Å². The predicted molar refractivity (Wildman–Crippen MR) is 118 cm³/mol. The van der Waals surface area contributed by atoms with Crippen LogP contribution in [0.5, 0.6) is 11.5 Å². The summed E-state index contributed by atoms with van der Waals surface area (Å²) in [4.78, 5) is 17.1. The van der Waals surface area contributed by atoms with Gasteiger partial charge < -0.3 is 14.4 Å². The summed E-state index contributed by atoms with van der Waals surface area (Å²) in [7, 11) is 0. The second-order valence-electron chi connectivity index (χ2n) is 8.57. The number of amides is 1. The quantitative estimate of drug-likeness (QED) is 0.698. The summed E-state index contributed by atoms with van der Waals surface area (Å²) < 4.78 is 12.0. The Morgan fingerprint density at radius 1 is 0.967 bits per heavy atom. The van der Waals surface area contributed by atoms with E-state index in [9.17, 15) is 4.79 Å². The number of likely N-dealkylation sites (tertiary alicyclic amines) is 2. The summed E-state index contributed by atoms with van der Waals surface area (Å²) in [5.41, 5.74) is 0. The molecule has 4 rings (SSSR count). The van der Waals surface area contributed by atoms with Crippen LogP contribution in [0, 0.1) is 5.92 Å². The van der Waals surface area contributed by atoms with Gasteiger partial charge in [-0.25, -0.2) is 0 Å². The van der Waals surface area contributed by atoms with Crippen LogP contribution in [0.2, 0.25) is 0 Å². The molecule has 2 aliphatic rings. The van der Waals surface area contributed by atoms with Crippen molar-refractivity contribution in [3.8, 4) is 11.5 Å². The molecular formula is C25H32N2O3. The van der Waals surface area contributed by atoms with Gasteiger partial charge in [0.25, 0.3) is 5.91 Å². The van der Waals surface area contributed by atoms with Crippen molar-refractivity contribution in [2.45, 2.75) is 44.9 Å². The van der Waals surface area contributed by atoms with E-state index in [0.29, 0.717) is 18.0 Å². The van der Waals surface area contributed by atoms with E-state index in [1.54, 1.807) is 0 Å². The molecule has 0 unspecified atom stereocenters. The summed E-state index contributed by atoms with van der Waals surface area (Å²) in [6.07, 6.45) is 2.25. The molecule has 5 nitrogen and oxygen atoms in total. The van der Waals surface area contributed by atoms with Gasteiger partial charge in [-0.15, -0.1) is 0 Å². The van der Waals surface area contributed by atoms with E-state index in [2.05, 4.69) is 18.7 Å². The van der Waals surface area contributed by atoms with Gasteiger partial charge in [0.15, 0.2) is 6.61 Å². The Hall–Kier alpha value is -2.53.